The lowest BCUT2D eigenvalue weighted by Crippen LogP contribution is -2.34. The third-order valence-electron chi connectivity index (χ3n) is 4.87. The first-order valence-electron chi connectivity index (χ1n) is 10.0. The Labute approximate surface area is 175 Å². The average molecular weight is 410 g/mol. The molecule has 0 bridgehead atoms. The molecule has 2 unspecified atom stereocenters. The zero-order valence-corrected chi connectivity index (χ0v) is 17.9. The minimum atomic E-state index is -0.373. The molecule has 152 valence electrons. The van der Waals surface area contributed by atoms with Gasteiger partial charge in [0.15, 0.2) is 5.16 Å². The molecule has 0 saturated heterocycles. The number of unbranched alkanes of at least 4 members (excludes halogenated alkanes) is 1. The molecular weight excluding hydrogens is 382 g/mol. The molecule has 0 aliphatic rings. The van der Waals surface area contributed by atoms with Crippen molar-refractivity contribution in [1.29, 1.82) is 0 Å². The third-order valence-corrected chi connectivity index (χ3v) is 5.96. The van der Waals surface area contributed by atoms with E-state index in [4.69, 9.17) is 4.98 Å². The summed E-state index contributed by atoms with van der Waals surface area (Å²) in [5, 5.41) is 3.89. The number of hydrogen-bond donors (Lipinski definition) is 1. The van der Waals surface area contributed by atoms with Crippen LogP contribution in [0.3, 0.4) is 0 Å². The van der Waals surface area contributed by atoms with Gasteiger partial charge in [0.05, 0.1) is 22.2 Å². The summed E-state index contributed by atoms with van der Waals surface area (Å²) in [7, 11) is 0. The van der Waals surface area contributed by atoms with E-state index in [9.17, 15) is 9.59 Å². The van der Waals surface area contributed by atoms with Crippen LogP contribution < -0.4 is 10.9 Å². The first-order chi connectivity index (χ1) is 14.0. The number of aromatic nitrogens is 2. The van der Waals surface area contributed by atoms with Crippen molar-refractivity contribution < 1.29 is 4.79 Å². The van der Waals surface area contributed by atoms with Gasteiger partial charge in [0.25, 0.3) is 5.56 Å². The standard InChI is InChI=1S/C23H27N3O2S/c1-4-5-15-26-22(28)19-13-9-10-14-20(19)25-23(26)29-17(3)21(27)24-16(2)18-11-7-6-8-12-18/h6-14,16-17H,4-5,15H2,1-3H3,(H,24,27). The van der Waals surface area contributed by atoms with Gasteiger partial charge in [-0.15, -0.1) is 0 Å². The van der Waals surface area contributed by atoms with Crippen molar-refractivity contribution in [2.75, 3.05) is 0 Å². The Bertz CT molecular complexity index is 1030. The summed E-state index contributed by atoms with van der Waals surface area (Å²) in [6.45, 7) is 6.51. The van der Waals surface area contributed by atoms with Crippen LogP contribution in [0, 0.1) is 0 Å². The number of rotatable bonds is 8. The number of benzene rings is 2. The highest BCUT2D eigenvalue weighted by molar-refractivity contribution is 8.00. The fourth-order valence-electron chi connectivity index (χ4n) is 3.12. The van der Waals surface area contributed by atoms with Crippen molar-refractivity contribution in [2.45, 2.75) is 56.6 Å². The Kier molecular flexibility index (Phi) is 7.09. The van der Waals surface area contributed by atoms with Crippen molar-refractivity contribution in [2.24, 2.45) is 0 Å². The van der Waals surface area contributed by atoms with Crippen LogP contribution in [0.5, 0.6) is 0 Å². The molecule has 3 rings (SSSR count). The molecule has 5 nitrogen and oxygen atoms in total. The predicted octanol–water partition coefficient (Wildman–Crippen LogP) is 4.55. The molecule has 1 amide bonds. The average Bonchev–Trinajstić information content (AvgIpc) is 2.74. The SMILES string of the molecule is CCCCn1c(SC(C)C(=O)NC(C)c2ccccc2)nc2ccccc2c1=O. The molecule has 6 heteroatoms. The molecule has 0 radical (unpaired) electrons. The predicted molar refractivity (Wildman–Crippen MR) is 119 cm³/mol. The molecule has 0 saturated carbocycles. The fraction of sp³-hybridized carbons (Fsp3) is 0.348. The number of thioether (sulfide) groups is 1. The number of fused-ring (bicyclic) bond motifs is 1. The normalized spacial score (nSPS) is 13.2. The van der Waals surface area contributed by atoms with Crippen molar-refractivity contribution in [1.82, 2.24) is 14.9 Å². The summed E-state index contributed by atoms with van der Waals surface area (Å²) < 4.78 is 1.71. The van der Waals surface area contributed by atoms with E-state index in [1.807, 2.05) is 62.4 Å². The summed E-state index contributed by atoms with van der Waals surface area (Å²) in [6.07, 6.45) is 1.87. The van der Waals surface area contributed by atoms with Crippen LogP contribution in [-0.2, 0) is 11.3 Å². The number of carbonyl (C=O) groups excluding carboxylic acids is 1. The van der Waals surface area contributed by atoms with Crippen LogP contribution in [0.2, 0.25) is 0 Å². The smallest absolute Gasteiger partial charge is 0.262 e. The van der Waals surface area contributed by atoms with Gasteiger partial charge in [-0.1, -0.05) is 67.6 Å². The molecule has 1 heterocycles. The number of hydrogen-bond acceptors (Lipinski definition) is 4. The quantitative estimate of drug-likeness (QED) is 0.438. The van der Waals surface area contributed by atoms with Gasteiger partial charge in [-0.05, 0) is 38.0 Å². The van der Waals surface area contributed by atoms with E-state index >= 15 is 0 Å². The molecule has 0 aliphatic carbocycles. The zero-order chi connectivity index (χ0) is 20.8. The van der Waals surface area contributed by atoms with Gasteiger partial charge in [0.1, 0.15) is 0 Å². The molecule has 0 spiro atoms. The molecule has 3 aromatic rings. The van der Waals surface area contributed by atoms with E-state index < -0.39 is 0 Å². The van der Waals surface area contributed by atoms with Crippen LogP contribution >= 0.6 is 11.8 Å². The minimum Gasteiger partial charge on any atom is -0.349 e. The highest BCUT2D eigenvalue weighted by Crippen LogP contribution is 2.24. The van der Waals surface area contributed by atoms with Crippen LogP contribution in [0.25, 0.3) is 10.9 Å². The minimum absolute atomic E-state index is 0.0446. The highest BCUT2D eigenvalue weighted by atomic mass is 32.2. The topological polar surface area (TPSA) is 64.0 Å². The maximum Gasteiger partial charge on any atom is 0.262 e. The Balaban J connectivity index is 1.82. The second-order valence-corrected chi connectivity index (χ2v) is 8.43. The first kappa shape index (κ1) is 21.1. The summed E-state index contributed by atoms with van der Waals surface area (Å²) in [4.78, 5) is 30.4. The molecule has 29 heavy (non-hydrogen) atoms. The zero-order valence-electron chi connectivity index (χ0n) is 17.1. The van der Waals surface area contributed by atoms with Crippen molar-refractivity contribution in [3.8, 4) is 0 Å². The van der Waals surface area contributed by atoms with Crippen LogP contribution in [0.1, 0.15) is 45.2 Å². The largest absolute Gasteiger partial charge is 0.349 e. The van der Waals surface area contributed by atoms with E-state index in [-0.39, 0.29) is 22.8 Å². The molecule has 0 aliphatic heterocycles. The van der Waals surface area contributed by atoms with E-state index in [2.05, 4.69) is 12.2 Å². The number of nitrogens with zero attached hydrogens (tertiary/aromatic N) is 2. The number of nitrogens with one attached hydrogen (secondary N) is 1. The summed E-state index contributed by atoms with van der Waals surface area (Å²) in [5.74, 6) is -0.0733. The summed E-state index contributed by atoms with van der Waals surface area (Å²) in [5.41, 5.74) is 1.68. The Morgan fingerprint density at radius 1 is 1.10 bits per heavy atom. The van der Waals surface area contributed by atoms with Gasteiger partial charge in [-0.3, -0.25) is 14.2 Å². The third kappa shape index (κ3) is 5.07. The highest BCUT2D eigenvalue weighted by Gasteiger charge is 2.21. The van der Waals surface area contributed by atoms with Crippen LogP contribution in [0.15, 0.2) is 64.5 Å². The van der Waals surface area contributed by atoms with Gasteiger partial charge in [-0.25, -0.2) is 4.98 Å². The van der Waals surface area contributed by atoms with Crippen LogP contribution in [-0.4, -0.2) is 20.7 Å². The first-order valence-corrected chi connectivity index (χ1v) is 10.9. The van der Waals surface area contributed by atoms with Crippen molar-refractivity contribution in [3.63, 3.8) is 0 Å². The molecule has 1 N–H and O–H groups in total. The van der Waals surface area contributed by atoms with Gasteiger partial charge < -0.3 is 5.32 Å². The monoisotopic (exact) mass is 409 g/mol. The van der Waals surface area contributed by atoms with E-state index in [1.165, 1.54) is 11.8 Å². The van der Waals surface area contributed by atoms with Crippen molar-refractivity contribution >= 4 is 28.6 Å². The number of amides is 1. The summed E-state index contributed by atoms with van der Waals surface area (Å²) >= 11 is 1.33. The molecule has 2 aromatic carbocycles. The lowest BCUT2D eigenvalue weighted by Gasteiger charge is -2.19. The van der Waals surface area contributed by atoms with Crippen LogP contribution in [0.4, 0.5) is 0 Å². The van der Waals surface area contributed by atoms with E-state index in [0.29, 0.717) is 22.6 Å². The Morgan fingerprint density at radius 3 is 2.52 bits per heavy atom. The van der Waals surface area contributed by atoms with Gasteiger partial charge in [0.2, 0.25) is 5.91 Å². The fourth-order valence-corrected chi connectivity index (χ4v) is 4.06. The lowest BCUT2D eigenvalue weighted by atomic mass is 10.1. The molecule has 2 atom stereocenters. The summed E-state index contributed by atoms with van der Waals surface area (Å²) in [6, 6.07) is 17.2. The van der Waals surface area contributed by atoms with E-state index in [1.54, 1.807) is 10.6 Å². The van der Waals surface area contributed by atoms with Gasteiger partial charge >= 0.3 is 0 Å². The Morgan fingerprint density at radius 2 is 1.79 bits per heavy atom. The van der Waals surface area contributed by atoms with Crippen molar-refractivity contribution in [3.05, 3.63) is 70.5 Å². The van der Waals surface area contributed by atoms with E-state index in [0.717, 1.165) is 18.4 Å². The van der Waals surface area contributed by atoms with Gasteiger partial charge in [-0.2, -0.15) is 0 Å². The Hall–Kier alpha value is -2.60. The second-order valence-electron chi connectivity index (χ2n) is 7.12. The lowest BCUT2D eigenvalue weighted by molar-refractivity contribution is -0.120. The van der Waals surface area contributed by atoms with Gasteiger partial charge in [0, 0.05) is 6.54 Å². The maximum atomic E-state index is 13.0. The number of carbonyl (C=O) groups is 1. The molecule has 1 aromatic heterocycles. The number of para-hydroxylation sites is 1. The second kappa shape index (κ2) is 9.74. The maximum absolute atomic E-state index is 13.0. The molecule has 0 fully saturated rings. The molecular formula is C23H27N3O2S.